The average molecular weight is 427 g/mol. The minimum atomic E-state index is -0.278. The lowest BCUT2D eigenvalue weighted by atomic mass is 10.1. The van der Waals surface area contributed by atoms with Crippen LogP contribution in [0.5, 0.6) is 0 Å². The first-order valence-electron chi connectivity index (χ1n) is 9.75. The number of imidazole rings is 1. The van der Waals surface area contributed by atoms with Crippen molar-refractivity contribution in [2.24, 2.45) is 0 Å². The molecular weight excluding hydrogens is 408 g/mol. The third-order valence-electron chi connectivity index (χ3n) is 4.88. The van der Waals surface area contributed by atoms with Crippen LogP contribution in [0.2, 0.25) is 0 Å². The lowest BCUT2D eigenvalue weighted by molar-refractivity contribution is 0.0946. The molecule has 7 nitrogen and oxygen atoms in total. The molecule has 0 spiro atoms. The molecule has 0 fully saturated rings. The van der Waals surface area contributed by atoms with Crippen LogP contribution in [0.4, 0.5) is 0 Å². The van der Waals surface area contributed by atoms with Crippen molar-refractivity contribution in [3.63, 3.8) is 0 Å². The first-order valence-corrected chi connectivity index (χ1v) is 10.6. The molecule has 0 radical (unpaired) electrons. The highest BCUT2D eigenvalue weighted by Crippen LogP contribution is 2.30. The van der Waals surface area contributed by atoms with Crippen LogP contribution in [0.1, 0.15) is 21.6 Å². The number of carbonyl (C=O) groups is 1. The Kier molecular flexibility index (Phi) is 5.20. The number of rotatable bonds is 6. The van der Waals surface area contributed by atoms with Gasteiger partial charge in [0.2, 0.25) is 0 Å². The Morgan fingerprint density at radius 1 is 0.968 bits per heavy atom. The molecular formula is C23H18N6OS. The summed E-state index contributed by atoms with van der Waals surface area (Å²) in [6.07, 6.45) is 8.55. The van der Waals surface area contributed by atoms with Crippen molar-refractivity contribution in [2.45, 2.75) is 13.1 Å². The predicted octanol–water partition coefficient (Wildman–Crippen LogP) is 3.93. The summed E-state index contributed by atoms with van der Waals surface area (Å²) in [4.78, 5) is 30.4. The van der Waals surface area contributed by atoms with E-state index in [9.17, 15) is 4.79 Å². The Balaban J connectivity index is 1.38. The summed E-state index contributed by atoms with van der Waals surface area (Å²) in [5.74, 6) is -0.278. The highest BCUT2D eigenvalue weighted by atomic mass is 32.1. The number of hydrogen-bond acceptors (Lipinski definition) is 6. The average Bonchev–Trinajstić information content (AvgIpc) is 3.48. The van der Waals surface area contributed by atoms with Crippen molar-refractivity contribution in [1.29, 1.82) is 0 Å². The van der Waals surface area contributed by atoms with Crippen LogP contribution in [0.3, 0.4) is 0 Å². The fraction of sp³-hybridized carbons (Fsp3) is 0.0870. The zero-order chi connectivity index (χ0) is 21.0. The van der Waals surface area contributed by atoms with Gasteiger partial charge in [0, 0.05) is 37.9 Å². The zero-order valence-electron chi connectivity index (χ0n) is 16.5. The van der Waals surface area contributed by atoms with Crippen molar-refractivity contribution < 1.29 is 4.79 Å². The molecule has 8 heteroatoms. The maximum Gasteiger partial charge on any atom is 0.272 e. The molecule has 0 saturated carbocycles. The van der Waals surface area contributed by atoms with E-state index in [0.717, 1.165) is 21.3 Å². The molecule has 1 N–H and O–H groups in total. The zero-order valence-corrected chi connectivity index (χ0v) is 17.3. The standard InChI is InChI=1S/C23H18N6OS/c30-22(27-13-16-5-1-2-6-17(16)14-29-12-11-24-15-29)20-21(26-10-9-25-20)23-28-18-7-3-4-8-19(18)31-23/h1-12,15H,13-14H2,(H,27,30). The molecule has 0 aliphatic rings. The number of fused-ring (bicyclic) bond motifs is 1. The topological polar surface area (TPSA) is 85.6 Å². The van der Waals surface area contributed by atoms with E-state index < -0.39 is 0 Å². The van der Waals surface area contributed by atoms with Gasteiger partial charge in [0.05, 0.1) is 16.5 Å². The summed E-state index contributed by atoms with van der Waals surface area (Å²) in [5.41, 5.74) is 3.80. The van der Waals surface area contributed by atoms with Gasteiger partial charge in [-0.25, -0.2) is 19.9 Å². The second kappa shape index (κ2) is 8.45. The predicted molar refractivity (Wildman–Crippen MR) is 120 cm³/mol. The van der Waals surface area contributed by atoms with E-state index in [0.29, 0.717) is 23.8 Å². The van der Waals surface area contributed by atoms with Crippen LogP contribution in [0.25, 0.3) is 20.9 Å². The van der Waals surface area contributed by atoms with E-state index in [4.69, 9.17) is 0 Å². The lowest BCUT2D eigenvalue weighted by Crippen LogP contribution is -2.25. The molecule has 1 amide bonds. The summed E-state index contributed by atoms with van der Waals surface area (Å²) in [5, 5.41) is 3.67. The second-order valence-corrected chi connectivity index (χ2v) is 7.96. The molecule has 5 rings (SSSR count). The Bertz CT molecular complexity index is 1310. The van der Waals surface area contributed by atoms with Gasteiger partial charge in [0.25, 0.3) is 5.91 Å². The monoisotopic (exact) mass is 426 g/mol. The number of nitrogens with zero attached hydrogens (tertiary/aromatic N) is 5. The molecule has 5 aromatic rings. The lowest BCUT2D eigenvalue weighted by Gasteiger charge is -2.12. The van der Waals surface area contributed by atoms with Crippen molar-refractivity contribution in [3.05, 3.63) is 96.5 Å². The van der Waals surface area contributed by atoms with E-state index in [1.54, 1.807) is 18.7 Å². The molecule has 0 atom stereocenters. The third kappa shape index (κ3) is 4.06. The second-order valence-electron chi connectivity index (χ2n) is 6.93. The van der Waals surface area contributed by atoms with Gasteiger partial charge >= 0.3 is 0 Å². The van der Waals surface area contributed by atoms with Crippen molar-refractivity contribution >= 4 is 27.5 Å². The molecule has 3 heterocycles. The third-order valence-corrected chi connectivity index (χ3v) is 5.92. The molecule has 0 aliphatic carbocycles. The van der Waals surface area contributed by atoms with Crippen molar-refractivity contribution in [3.8, 4) is 10.7 Å². The van der Waals surface area contributed by atoms with Gasteiger partial charge < -0.3 is 9.88 Å². The molecule has 0 aliphatic heterocycles. The molecule has 0 saturated heterocycles. The van der Waals surface area contributed by atoms with Crippen molar-refractivity contribution in [1.82, 2.24) is 29.8 Å². The SMILES string of the molecule is O=C(NCc1ccccc1Cn1ccnc1)c1nccnc1-c1nc2ccccc2s1. The highest BCUT2D eigenvalue weighted by molar-refractivity contribution is 7.21. The van der Waals surface area contributed by atoms with Crippen LogP contribution in [-0.4, -0.2) is 30.4 Å². The van der Waals surface area contributed by atoms with E-state index in [-0.39, 0.29) is 11.6 Å². The van der Waals surface area contributed by atoms with Gasteiger partial charge in [-0.1, -0.05) is 36.4 Å². The number of aromatic nitrogens is 5. The number of para-hydroxylation sites is 1. The number of nitrogens with one attached hydrogen (secondary N) is 1. The molecule has 2 aromatic carbocycles. The smallest absolute Gasteiger partial charge is 0.272 e. The fourth-order valence-electron chi connectivity index (χ4n) is 3.35. The first kappa shape index (κ1) is 19.1. The number of thiazole rings is 1. The van der Waals surface area contributed by atoms with Gasteiger partial charge in [0.15, 0.2) is 5.69 Å². The summed E-state index contributed by atoms with van der Waals surface area (Å²) in [6.45, 7) is 1.08. The van der Waals surface area contributed by atoms with Gasteiger partial charge in [0.1, 0.15) is 10.7 Å². The van der Waals surface area contributed by atoms with E-state index in [2.05, 4.69) is 31.3 Å². The molecule has 31 heavy (non-hydrogen) atoms. The molecule has 3 aromatic heterocycles. The van der Waals surface area contributed by atoms with Crippen LogP contribution < -0.4 is 5.32 Å². The van der Waals surface area contributed by atoms with Gasteiger partial charge in [-0.2, -0.15) is 0 Å². The van der Waals surface area contributed by atoms with Crippen LogP contribution in [-0.2, 0) is 13.1 Å². The minimum absolute atomic E-state index is 0.272. The van der Waals surface area contributed by atoms with E-state index >= 15 is 0 Å². The van der Waals surface area contributed by atoms with Crippen LogP contribution >= 0.6 is 11.3 Å². The maximum atomic E-state index is 13.0. The van der Waals surface area contributed by atoms with Crippen molar-refractivity contribution in [2.75, 3.05) is 0 Å². The van der Waals surface area contributed by atoms with E-state index in [1.165, 1.54) is 17.5 Å². The summed E-state index contributed by atoms with van der Waals surface area (Å²) >= 11 is 1.50. The van der Waals surface area contributed by atoms with Gasteiger partial charge in [-0.3, -0.25) is 4.79 Å². The number of benzene rings is 2. The van der Waals surface area contributed by atoms with Gasteiger partial charge in [-0.15, -0.1) is 11.3 Å². The summed E-state index contributed by atoms with van der Waals surface area (Å²) in [6, 6.07) is 15.9. The summed E-state index contributed by atoms with van der Waals surface area (Å²) < 4.78 is 3.04. The van der Waals surface area contributed by atoms with Gasteiger partial charge in [-0.05, 0) is 23.3 Å². The first-order chi connectivity index (χ1) is 15.3. The van der Waals surface area contributed by atoms with Crippen LogP contribution in [0, 0.1) is 0 Å². The Morgan fingerprint density at radius 2 is 1.77 bits per heavy atom. The minimum Gasteiger partial charge on any atom is -0.347 e. The quantitative estimate of drug-likeness (QED) is 0.445. The Labute approximate surface area is 182 Å². The summed E-state index contributed by atoms with van der Waals surface area (Å²) in [7, 11) is 0. The highest BCUT2D eigenvalue weighted by Gasteiger charge is 2.19. The fourth-order valence-corrected chi connectivity index (χ4v) is 4.32. The number of hydrogen-bond donors (Lipinski definition) is 1. The van der Waals surface area contributed by atoms with Crippen LogP contribution in [0.15, 0.2) is 79.6 Å². The maximum absolute atomic E-state index is 13.0. The Hall–Kier alpha value is -3.91. The number of carbonyl (C=O) groups excluding carboxylic acids is 1. The Morgan fingerprint density at radius 3 is 2.61 bits per heavy atom. The van der Waals surface area contributed by atoms with E-state index in [1.807, 2.05) is 53.2 Å². The molecule has 0 unspecified atom stereocenters. The normalized spacial score (nSPS) is 11.0. The largest absolute Gasteiger partial charge is 0.347 e. The molecule has 152 valence electrons. The molecule has 0 bridgehead atoms. The number of amides is 1.